The minimum Gasteiger partial charge on any atom is -0.338 e. The lowest BCUT2D eigenvalue weighted by atomic mass is 10.2. The number of halogens is 7. The van der Waals surface area contributed by atoms with Crippen LogP contribution in [0.3, 0.4) is 0 Å². The van der Waals surface area contributed by atoms with E-state index >= 15 is 0 Å². The van der Waals surface area contributed by atoms with Crippen LogP contribution in [0.5, 0.6) is 0 Å². The van der Waals surface area contributed by atoms with Gasteiger partial charge in [-0.05, 0) is 40.2 Å². The number of hydrogen-bond donors (Lipinski definition) is 1. The Labute approximate surface area is 128 Å². The van der Waals surface area contributed by atoms with Gasteiger partial charge in [0.15, 0.2) is 5.69 Å². The van der Waals surface area contributed by atoms with Gasteiger partial charge in [-0.3, -0.25) is 0 Å². The molecule has 2 heterocycles. The highest BCUT2D eigenvalue weighted by atomic mass is 79.9. The van der Waals surface area contributed by atoms with Gasteiger partial charge in [-0.25, -0.2) is 9.97 Å². The van der Waals surface area contributed by atoms with Gasteiger partial charge < -0.3 is 5.32 Å². The minimum absolute atomic E-state index is 0.0810. The molecule has 0 fully saturated rings. The Hall–Kier alpha value is -1.84. The predicted molar refractivity (Wildman–Crippen MR) is 69.5 cm³/mol. The summed E-state index contributed by atoms with van der Waals surface area (Å²) in [5.74, 6) is -0.395. The Morgan fingerprint density at radius 2 is 1.64 bits per heavy atom. The van der Waals surface area contributed by atoms with E-state index in [2.05, 4.69) is 31.2 Å². The van der Waals surface area contributed by atoms with Crippen LogP contribution in [-0.2, 0) is 12.4 Å². The number of nitrogens with zero attached hydrogens (tertiary/aromatic N) is 2. The van der Waals surface area contributed by atoms with E-state index in [4.69, 9.17) is 0 Å². The molecule has 0 aliphatic carbocycles. The number of alkyl halides is 6. The van der Waals surface area contributed by atoms with Gasteiger partial charge in [0.05, 0.1) is 10.2 Å². The third-order valence-corrected chi connectivity index (χ3v) is 3.11. The van der Waals surface area contributed by atoms with Crippen molar-refractivity contribution >= 4 is 27.4 Å². The van der Waals surface area contributed by atoms with Crippen molar-refractivity contribution in [3.8, 4) is 0 Å². The SMILES string of the molecule is FC(F)(F)c1ccc(Br)c(Nc2cccnc2C(F)(F)F)n1. The van der Waals surface area contributed by atoms with Crippen LogP contribution < -0.4 is 5.32 Å². The minimum atomic E-state index is -4.75. The summed E-state index contributed by atoms with van der Waals surface area (Å²) in [6.45, 7) is 0. The third kappa shape index (κ3) is 3.67. The van der Waals surface area contributed by atoms with Crippen molar-refractivity contribution in [2.75, 3.05) is 5.32 Å². The smallest absolute Gasteiger partial charge is 0.338 e. The Bertz CT molecular complexity index is 683. The zero-order chi connectivity index (χ0) is 16.5. The van der Waals surface area contributed by atoms with Gasteiger partial charge >= 0.3 is 12.4 Å². The number of pyridine rings is 2. The van der Waals surface area contributed by atoms with Crippen LogP contribution >= 0.6 is 15.9 Å². The first-order valence-electron chi connectivity index (χ1n) is 5.62. The molecule has 0 saturated carbocycles. The molecule has 0 saturated heterocycles. The topological polar surface area (TPSA) is 37.8 Å². The van der Waals surface area contributed by atoms with Crippen molar-refractivity contribution < 1.29 is 26.3 Å². The molecule has 0 radical (unpaired) electrons. The molecule has 2 rings (SSSR count). The zero-order valence-electron chi connectivity index (χ0n) is 10.4. The lowest BCUT2D eigenvalue weighted by Gasteiger charge is -2.15. The number of aromatic nitrogens is 2. The fourth-order valence-corrected chi connectivity index (χ4v) is 1.87. The molecular weight excluding hydrogens is 380 g/mol. The number of hydrogen-bond acceptors (Lipinski definition) is 3. The summed E-state index contributed by atoms with van der Waals surface area (Å²) < 4.78 is 76.3. The predicted octanol–water partition coefficient (Wildman–Crippen LogP) is 5.02. The maximum atomic E-state index is 12.8. The summed E-state index contributed by atoms with van der Waals surface area (Å²) in [7, 11) is 0. The Kier molecular flexibility index (Phi) is 4.32. The molecule has 0 bridgehead atoms. The van der Waals surface area contributed by atoms with Crippen molar-refractivity contribution in [3.05, 3.63) is 46.3 Å². The number of anilines is 2. The summed E-state index contributed by atoms with van der Waals surface area (Å²) >= 11 is 2.94. The van der Waals surface area contributed by atoms with Gasteiger partial charge in [0, 0.05) is 6.20 Å². The Morgan fingerprint density at radius 3 is 2.23 bits per heavy atom. The van der Waals surface area contributed by atoms with Crippen molar-refractivity contribution in [1.29, 1.82) is 0 Å². The second-order valence-electron chi connectivity index (χ2n) is 4.05. The van der Waals surface area contributed by atoms with E-state index in [-0.39, 0.29) is 4.47 Å². The molecule has 2 aromatic heterocycles. The first-order valence-corrected chi connectivity index (χ1v) is 6.41. The number of nitrogens with one attached hydrogen (secondary N) is 1. The van der Waals surface area contributed by atoms with E-state index < -0.39 is 35.2 Å². The van der Waals surface area contributed by atoms with Gasteiger partial charge in [-0.15, -0.1) is 0 Å². The molecule has 0 unspecified atom stereocenters. The highest BCUT2D eigenvalue weighted by Gasteiger charge is 2.36. The fraction of sp³-hybridized carbons (Fsp3) is 0.167. The summed E-state index contributed by atoms with van der Waals surface area (Å²) in [4.78, 5) is 6.48. The molecule has 1 N–H and O–H groups in total. The lowest BCUT2D eigenvalue weighted by Crippen LogP contribution is -2.13. The molecule has 22 heavy (non-hydrogen) atoms. The van der Waals surface area contributed by atoms with E-state index in [1.165, 1.54) is 6.07 Å². The van der Waals surface area contributed by atoms with E-state index in [9.17, 15) is 26.3 Å². The molecule has 0 aliphatic heterocycles. The summed E-state index contributed by atoms with van der Waals surface area (Å²) in [6, 6.07) is 4.02. The van der Waals surface area contributed by atoms with Crippen molar-refractivity contribution in [3.63, 3.8) is 0 Å². The molecule has 0 amide bonds. The first-order chi connectivity index (χ1) is 10.1. The first kappa shape index (κ1) is 16.5. The molecule has 0 spiro atoms. The molecule has 2 aromatic rings. The lowest BCUT2D eigenvalue weighted by molar-refractivity contribution is -0.141. The molecular formula is C12H6BrF6N3. The van der Waals surface area contributed by atoms with Crippen molar-refractivity contribution in [1.82, 2.24) is 9.97 Å². The van der Waals surface area contributed by atoms with Crippen LogP contribution in [0.2, 0.25) is 0 Å². The van der Waals surface area contributed by atoms with Crippen molar-refractivity contribution in [2.24, 2.45) is 0 Å². The van der Waals surface area contributed by atoms with Gasteiger partial charge in [0.25, 0.3) is 0 Å². The number of rotatable bonds is 2. The van der Waals surface area contributed by atoms with Gasteiger partial charge in [0.2, 0.25) is 0 Å². The Morgan fingerprint density at radius 1 is 0.955 bits per heavy atom. The summed E-state index contributed by atoms with van der Waals surface area (Å²) in [6.07, 6.45) is -8.53. The maximum Gasteiger partial charge on any atom is 0.435 e. The van der Waals surface area contributed by atoms with Crippen molar-refractivity contribution in [2.45, 2.75) is 12.4 Å². The molecule has 0 aromatic carbocycles. The van der Waals surface area contributed by atoms with E-state index in [1.54, 1.807) is 0 Å². The summed E-state index contributed by atoms with van der Waals surface area (Å²) in [5.41, 5.74) is -2.97. The second-order valence-corrected chi connectivity index (χ2v) is 4.90. The van der Waals surface area contributed by atoms with E-state index in [0.717, 1.165) is 18.3 Å². The quantitative estimate of drug-likeness (QED) is 0.737. The molecule has 3 nitrogen and oxygen atoms in total. The van der Waals surface area contributed by atoms with Crippen LogP contribution in [0.25, 0.3) is 0 Å². The van der Waals surface area contributed by atoms with Gasteiger partial charge in [-0.1, -0.05) is 0 Å². The maximum absolute atomic E-state index is 12.8. The van der Waals surface area contributed by atoms with Crippen LogP contribution in [0.15, 0.2) is 34.9 Å². The summed E-state index contributed by atoms with van der Waals surface area (Å²) in [5, 5.41) is 2.22. The van der Waals surface area contributed by atoms with E-state index in [0.29, 0.717) is 6.07 Å². The van der Waals surface area contributed by atoms with E-state index in [1.807, 2.05) is 0 Å². The monoisotopic (exact) mass is 385 g/mol. The average molecular weight is 386 g/mol. The largest absolute Gasteiger partial charge is 0.435 e. The fourth-order valence-electron chi connectivity index (χ4n) is 1.55. The van der Waals surface area contributed by atoms with Crippen LogP contribution in [-0.4, -0.2) is 9.97 Å². The second kappa shape index (κ2) is 5.75. The average Bonchev–Trinajstić information content (AvgIpc) is 2.39. The molecule has 10 heteroatoms. The highest BCUT2D eigenvalue weighted by molar-refractivity contribution is 9.10. The molecule has 0 aliphatic rings. The molecule has 118 valence electrons. The van der Waals surface area contributed by atoms with Gasteiger partial charge in [0.1, 0.15) is 11.5 Å². The third-order valence-electron chi connectivity index (χ3n) is 2.47. The van der Waals surface area contributed by atoms with Gasteiger partial charge in [-0.2, -0.15) is 26.3 Å². The normalized spacial score (nSPS) is 12.3. The van der Waals surface area contributed by atoms with Crippen LogP contribution in [0.4, 0.5) is 37.8 Å². The zero-order valence-corrected chi connectivity index (χ0v) is 12.0. The van der Waals surface area contributed by atoms with Crippen LogP contribution in [0.1, 0.15) is 11.4 Å². The highest BCUT2D eigenvalue weighted by Crippen LogP contribution is 2.36. The van der Waals surface area contributed by atoms with Crippen LogP contribution in [0, 0.1) is 0 Å². The molecule has 0 atom stereocenters. The Balaban J connectivity index is 2.44. The standard InChI is InChI=1S/C12H6BrF6N3/c13-6-3-4-8(11(14,15)16)22-10(6)21-7-2-1-5-20-9(7)12(17,18)19/h1-5H,(H,21,22).